The van der Waals surface area contributed by atoms with Crippen molar-refractivity contribution in [2.45, 2.75) is 18.4 Å². The minimum absolute atomic E-state index is 0.00283. The average molecular weight is 641 g/mol. The summed E-state index contributed by atoms with van der Waals surface area (Å²) in [5.74, 6) is -1.86. The SMILES string of the molecule is Cc1sc(C(=O)Nc2cc(Cl)cc(NS(C)(=O)=O)c2)cc1-c1ncc(F)cc1OCc1cc(F)cc(S(C)(=N)=O)c1. The molecule has 1 atom stereocenters. The second-order valence-corrected chi connectivity index (χ2v) is 14.7. The van der Waals surface area contributed by atoms with Crippen molar-refractivity contribution in [3.8, 4) is 17.0 Å². The molecule has 4 rings (SSSR count). The molecule has 2 aromatic heterocycles. The summed E-state index contributed by atoms with van der Waals surface area (Å²) in [5.41, 5.74) is 1.43. The summed E-state index contributed by atoms with van der Waals surface area (Å²) in [6.45, 7) is 1.51. The van der Waals surface area contributed by atoms with E-state index in [1.165, 1.54) is 30.5 Å². The van der Waals surface area contributed by atoms with Gasteiger partial charge in [0.25, 0.3) is 5.91 Å². The first kappa shape index (κ1) is 30.4. The van der Waals surface area contributed by atoms with Gasteiger partial charge in [-0.05, 0) is 55.0 Å². The Morgan fingerprint density at radius 2 is 1.73 bits per heavy atom. The Bertz CT molecular complexity index is 1880. The van der Waals surface area contributed by atoms with Crippen LogP contribution in [0.1, 0.15) is 20.1 Å². The molecule has 4 aromatic rings. The van der Waals surface area contributed by atoms with Crippen molar-refractivity contribution in [3.63, 3.8) is 0 Å². The van der Waals surface area contributed by atoms with Crippen LogP contribution in [-0.2, 0) is 26.4 Å². The monoisotopic (exact) mass is 640 g/mol. The molecule has 2 aromatic carbocycles. The van der Waals surface area contributed by atoms with E-state index in [0.717, 1.165) is 42.0 Å². The van der Waals surface area contributed by atoms with E-state index in [0.29, 0.717) is 10.4 Å². The summed E-state index contributed by atoms with van der Waals surface area (Å²) in [6, 6.07) is 10.5. The standard InChI is InChI=1S/C26H23ClF2N4O5S3/c1-14-22(11-24(39-14)26(34)32-19-6-16(27)7-20(10-19)33-41(3,36)37)25-23(9-18(29)12-31-25)38-13-15-4-17(28)8-21(5-15)40(2,30)35/h4-12,30,33H,13H2,1-3H3,(H,32,34). The lowest BCUT2D eigenvalue weighted by Gasteiger charge is -2.12. The van der Waals surface area contributed by atoms with Gasteiger partial charge in [-0.3, -0.25) is 9.52 Å². The highest BCUT2D eigenvalue weighted by Gasteiger charge is 2.19. The van der Waals surface area contributed by atoms with Crippen molar-refractivity contribution in [2.75, 3.05) is 22.6 Å². The van der Waals surface area contributed by atoms with Gasteiger partial charge in [-0.1, -0.05) is 11.6 Å². The van der Waals surface area contributed by atoms with E-state index in [2.05, 4.69) is 15.0 Å². The maximum absolute atomic E-state index is 14.1. The fourth-order valence-electron chi connectivity index (χ4n) is 3.78. The number of thiophene rings is 1. The van der Waals surface area contributed by atoms with E-state index >= 15 is 0 Å². The van der Waals surface area contributed by atoms with Crippen molar-refractivity contribution in [1.82, 2.24) is 4.98 Å². The summed E-state index contributed by atoms with van der Waals surface area (Å²) >= 11 is 7.22. The molecule has 0 spiro atoms. The highest BCUT2D eigenvalue weighted by atomic mass is 35.5. The van der Waals surface area contributed by atoms with Gasteiger partial charge in [0.15, 0.2) is 0 Å². The first-order chi connectivity index (χ1) is 19.1. The van der Waals surface area contributed by atoms with Gasteiger partial charge in [0.1, 0.15) is 29.7 Å². The predicted octanol–water partition coefficient (Wildman–Crippen LogP) is 6.29. The van der Waals surface area contributed by atoms with Crippen LogP contribution in [0.3, 0.4) is 0 Å². The molecule has 0 saturated heterocycles. The number of hydrogen-bond acceptors (Lipinski definition) is 8. The summed E-state index contributed by atoms with van der Waals surface area (Å²) in [6.07, 6.45) is 3.15. The van der Waals surface area contributed by atoms with Crippen LogP contribution in [0.4, 0.5) is 20.2 Å². The van der Waals surface area contributed by atoms with Gasteiger partial charge in [-0.15, -0.1) is 11.3 Å². The lowest BCUT2D eigenvalue weighted by atomic mass is 10.1. The molecule has 0 fully saturated rings. The Hall–Kier alpha value is -3.59. The zero-order chi connectivity index (χ0) is 30.1. The third kappa shape index (κ3) is 8.00. The van der Waals surface area contributed by atoms with Crippen LogP contribution in [0.5, 0.6) is 5.75 Å². The summed E-state index contributed by atoms with van der Waals surface area (Å²) in [5, 5.41) is 2.87. The minimum Gasteiger partial charge on any atom is -0.487 e. The number of halogens is 3. The third-order valence-electron chi connectivity index (χ3n) is 5.45. The second-order valence-electron chi connectivity index (χ2n) is 9.07. The number of sulfonamides is 1. The number of carbonyl (C=O) groups excluding carboxylic acids is 1. The highest BCUT2D eigenvalue weighted by Crippen LogP contribution is 2.36. The van der Waals surface area contributed by atoms with Crippen molar-refractivity contribution in [2.24, 2.45) is 0 Å². The predicted molar refractivity (Wildman–Crippen MR) is 156 cm³/mol. The van der Waals surface area contributed by atoms with Crippen LogP contribution in [-0.4, -0.2) is 36.0 Å². The zero-order valence-corrected chi connectivity index (χ0v) is 25.0. The maximum Gasteiger partial charge on any atom is 0.265 e. The number of amides is 1. The molecule has 216 valence electrons. The molecule has 2 heterocycles. The Balaban J connectivity index is 1.60. The number of rotatable bonds is 9. The van der Waals surface area contributed by atoms with E-state index < -0.39 is 37.3 Å². The normalized spacial score (nSPS) is 12.9. The zero-order valence-electron chi connectivity index (χ0n) is 21.8. The number of hydrogen-bond donors (Lipinski definition) is 3. The molecule has 3 N–H and O–H groups in total. The van der Waals surface area contributed by atoms with Crippen molar-refractivity contribution in [3.05, 3.63) is 86.7 Å². The maximum atomic E-state index is 14.1. The molecule has 1 amide bonds. The Morgan fingerprint density at radius 1 is 1.02 bits per heavy atom. The summed E-state index contributed by atoms with van der Waals surface area (Å²) in [4.78, 5) is 18.1. The van der Waals surface area contributed by atoms with E-state index in [4.69, 9.17) is 21.1 Å². The number of carbonyl (C=O) groups is 1. The van der Waals surface area contributed by atoms with Crippen LogP contribution in [0, 0.1) is 23.3 Å². The Morgan fingerprint density at radius 3 is 2.41 bits per heavy atom. The van der Waals surface area contributed by atoms with E-state index in [1.807, 2.05) is 0 Å². The lowest BCUT2D eigenvalue weighted by Crippen LogP contribution is -2.12. The van der Waals surface area contributed by atoms with Gasteiger partial charge < -0.3 is 10.1 Å². The molecule has 15 heteroatoms. The van der Waals surface area contributed by atoms with Crippen LogP contribution >= 0.6 is 22.9 Å². The fourth-order valence-corrected chi connectivity index (χ4v) is 6.19. The molecule has 0 saturated carbocycles. The van der Waals surface area contributed by atoms with Gasteiger partial charge in [-0.25, -0.2) is 31.2 Å². The van der Waals surface area contributed by atoms with Crippen LogP contribution in [0.25, 0.3) is 11.3 Å². The highest BCUT2D eigenvalue weighted by molar-refractivity contribution is 7.92. The molecule has 0 bridgehead atoms. The molecule has 1 unspecified atom stereocenters. The smallest absolute Gasteiger partial charge is 0.265 e. The Labute approximate surface area is 244 Å². The molecular formula is C26H23ClF2N4O5S3. The third-order valence-corrected chi connectivity index (χ3v) is 8.46. The van der Waals surface area contributed by atoms with E-state index in [-0.39, 0.29) is 49.8 Å². The number of nitrogens with one attached hydrogen (secondary N) is 3. The number of aryl methyl sites for hydroxylation is 1. The second kappa shape index (κ2) is 11.7. The van der Waals surface area contributed by atoms with Crippen molar-refractivity contribution in [1.29, 1.82) is 4.78 Å². The number of nitrogens with zero attached hydrogens (tertiary/aromatic N) is 1. The topological polar surface area (TPSA) is 138 Å². The fraction of sp³-hybridized carbons (Fsp3) is 0.154. The molecule has 0 aliphatic rings. The molecule has 0 aliphatic heterocycles. The van der Waals surface area contributed by atoms with Crippen molar-refractivity contribution >= 4 is 60.0 Å². The largest absolute Gasteiger partial charge is 0.487 e. The quantitative estimate of drug-likeness (QED) is 0.197. The number of ether oxygens (including phenoxy) is 1. The first-order valence-electron chi connectivity index (χ1n) is 11.6. The number of pyridine rings is 1. The first-order valence-corrected chi connectivity index (χ1v) is 16.6. The van der Waals surface area contributed by atoms with Gasteiger partial charge in [0.2, 0.25) is 10.0 Å². The van der Waals surface area contributed by atoms with Gasteiger partial charge in [-0.2, -0.15) is 0 Å². The van der Waals surface area contributed by atoms with Crippen LogP contribution in [0.15, 0.2) is 59.6 Å². The average Bonchev–Trinajstić information content (AvgIpc) is 3.22. The van der Waals surface area contributed by atoms with Gasteiger partial charge in [0, 0.05) is 33.5 Å². The summed E-state index contributed by atoms with van der Waals surface area (Å²) < 4.78 is 79.2. The number of benzene rings is 2. The molecular weight excluding hydrogens is 618 g/mol. The van der Waals surface area contributed by atoms with Crippen LogP contribution in [0.2, 0.25) is 5.02 Å². The van der Waals surface area contributed by atoms with Crippen LogP contribution < -0.4 is 14.8 Å². The number of aromatic nitrogens is 1. The van der Waals surface area contributed by atoms with E-state index in [9.17, 15) is 26.2 Å². The molecule has 0 aliphatic carbocycles. The van der Waals surface area contributed by atoms with Gasteiger partial charge in [0.05, 0.1) is 37.6 Å². The summed E-state index contributed by atoms with van der Waals surface area (Å²) in [7, 11) is -6.75. The number of anilines is 2. The Kier molecular flexibility index (Phi) is 8.68. The van der Waals surface area contributed by atoms with Crippen molar-refractivity contribution < 1.29 is 30.9 Å². The molecule has 9 nitrogen and oxygen atoms in total. The van der Waals surface area contributed by atoms with Gasteiger partial charge >= 0.3 is 0 Å². The molecule has 0 radical (unpaired) electrons. The molecule has 41 heavy (non-hydrogen) atoms. The van der Waals surface area contributed by atoms with E-state index in [1.54, 1.807) is 13.0 Å². The lowest BCUT2D eigenvalue weighted by molar-refractivity contribution is 0.103. The minimum atomic E-state index is -3.57.